The molecule has 1 N–H and O–H groups in total. The Hall–Kier alpha value is -0.550. The van der Waals surface area contributed by atoms with E-state index in [-0.39, 0.29) is 0 Å². The van der Waals surface area contributed by atoms with E-state index in [1.807, 2.05) is 12.3 Å². The van der Waals surface area contributed by atoms with Crippen LogP contribution in [0.2, 0.25) is 8.67 Å². The number of nitrogens with zero attached hydrogens (tertiary/aromatic N) is 2. The fraction of sp³-hybridized carbons (Fsp3) is 0.533. The highest BCUT2D eigenvalue weighted by atomic mass is 35.5. The summed E-state index contributed by atoms with van der Waals surface area (Å²) in [4.78, 5) is 0. The molecular formula is C15H18Cl2N2OS. The molecule has 2 aromatic rings. The molecule has 0 saturated heterocycles. The molecule has 0 aromatic carbocycles. The van der Waals surface area contributed by atoms with Crippen molar-refractivity contribution in [3.05, 3.63) is 38.3 Å². The zero-order valence-corrected chi connectivity index (χ0v) is 14.0. The summed E-state index contributed by atoms with van der Waals surface area (Å²) in [6.07, 6.45) is 8.14. The van der Waals surface area contributed by atoms with E-state index in [4.69, 9.17) is 23.2 Å². The summed E-state index contributed by atoms with van der Waals surface area (Å²) in [6, 6.07) is 4.24. The van der Waals surface area contributed by atoms with Crippen molar-refractivity contribution in [2.45, 2.75) is 50.7 Å². The second-order valence-corrected chi connectivity index (χ2v) is 7.86. The van der Waals surface area contributed by atoms with Crippen LogP contribution in [0.25, 0.3) is 0 Å². The van der Waals surface area contributed by atoms with E-state index in [9.17, 15) is 5.11 Å². The standard InChI is InChI=1S/C15H18Cl2N2OS/c16-14-9-12(15(17)21-14)13(20)8-10-6-7-19(18-10)11-4-2-1-3-5-11/h6-7,9,11,13,20H,1-5,8H2. The third-order valence-corrected chi connectivity index (χ3v) is 5.57. The SMILES string of the molecule is OC(Cc1ccn(C2CCCCC2)n1)c1cc(Cl)sc1Cl. The highest BCUT2D eigenvalue weighted by Gasteiger charge is 2.19. The van der Waals surface area contributed by atoms with Crippen LogP contribution in [-0.2, 0) is 6.42 Å². The first-order valence-corrected chi connectivity index (χ1v) is 8.87. The average Bonchev–Trinajstić information content (AvgIpc) is 3.06. The van der Waals surface area contributed by atoms with Gasteiger partial charge in [-0.15, -0.1) is 11.3 Å². The summed E-state index contributed by atoms with van der Waals surface area (Å²) in [6.45, 7) is 0. The summed E-state index contributed by atoms with van der Waals surface area (Å²) in [5.41, 5.74) is 1.59. The molecular weight excluding hydrogens is 327 g/mol. The van der Waals surface area contributed by atoms with Gasteiger partial charge in [0.15, 0.2) is 0 Å². The molecule has 3 rings (SSSR count). The molecule has 0 spiro atoms. The van der Waals surface area contributed by atoms with Crippen LogP contribution in [0.1, 0.15) is 55.5 Å². The van der Waals surface area contributed by atoms with Gasteiger partial charge in [-0.25, -0.2) is 0 Å². The van der Waals surface area contributed by atoms with Gasteiger partial charge in [0.2, 0.25) is 0 Å². The molecule has 1 saturated carbocycles. The molecule has 114 valence electrons. The van der Waals surface area contributed by atoms with Crippen LogP contribution in [0.15, 0.2) is 18.3 Å². The van der Waals surface area contributed by atoms with Crippen molar-refractivity contribution in [2.75, 3.05) is 0 Å². The summed E-state index contributed by atoms with van der Waals surface area (Å²) >= 11 is 13.3. The van der Waals surface area contributed by atoms with Crippen molar-refractivity contribution in [1.29, 1.82) is 0 Å². The molecule has 1 atom stereocenters. The number of hydrogen-bond acceptors (Lipinski definition) is 3. The van der Waals surface area contributed by atoms with Gasteiger partial charge >= 0.3 is 0 Å². The molecule has 1 aliphatic rings. The molecule has 1 fully saturated rings. The van der Waals surface area contributed by atoms with E-state index >= 15 is 0 Å². The lowest BCUT2D eigenvalue weighted by Crippen LogP contribution is -2.13. The van der Waals surface area contributed by atoms with Crippen molar-refractivity contribution in [2.24, 2.45) is 0 Å². The van der Waals surface area contributed by atoms with Gasteiger partial charge in [0.25, 0.3) is 0 Å². The number of rotatable bonds is 4. The molecule has 0 radical (unpaired) electrons. The molecule has 0 aliphatic heterocycles. The van der Waals surface area contributed by atoms with E-state index in [1.165, 1.54) is 43.4 Å². The van der Waals surface area contributed by atoms with Crippen molar-refractivity contribution in [3.8, 4) is 0 Å². The lowest BCUT2D eigenvalue weighted by Gasteiger charge is -2.21. The van der Waals surface area contributed by atoms with Crippen LogP contribution < -0.4 is 0 Å². The Labute approximate surface area is 138 Å². The lowest BCUT2D eigenvalue weighted by atomic mass is 9.96. The number of aromatic nitrogens is 2. The molecule has 6 heteroatoms. The van der Waals surface area contributed by atoms with Crippen LogP contribution in [0.4, 0.5) is 0 Å². The number of hydrogen-bond donors (Lipinski definition) is 1. The van der Waals surface area contributed by atoms with Crippen LogP contribution in [0.3, 0.4) is 0 Å². The predicted octanol–water partition coefficient (Wildman–Crippen LogP) is 5.03. The summed E-state index contributed by atoms with van der Waals surface area (Å²) in [7, 11) is 0. The van der Waals surface area contributed by atoms with Gasteiger partial charge in [0.05, 0.1) is 22.2 Å². The van der Waals surface area contributed by atoms with Crippen LogP contribution in [-0.4, -0.2) is 14.9 Å². The van der Waals surface area contributed by atoms with E-state index in [0.717, 1.165) is 5.69 Å². The van der Waals surface area contributed by atoms with Gasteiger partial charge in [-0.3, -0.25) is 4.68 Å². The van der Waals surface area contributed by atoms with E-state index in [1.54, 1.807) is 6.07 Å². The largest absolute Gasteiger partial charge is 0.388 e. The highest BCUT2D eigenvalue weighted by molar-refractivity contribution is 7.20. The van der Waals surface area contributed by atoms with Gasteiger partial charge in [0, 0.05) is 18.2 Å². The van der Waals surface area contributed by atoms with E-state index in [0.29, 0.717) is 26.7 Å². The van der Waals surface area contributed by atoms with Crippen LogP contribution in [0, 0.1) is 0 Å². The zero-order valence-electron chi connectivity index (χ0n) is 11.6. The Morgan fingerprint density at radius 3 is 2.76 bits per heavy atom. The van der Waals surface area contributed by atoms with Crippen molar-refractivity contribution in [3.63, 3.8) is 0 Å². The Kier molecular flexibility index (Phi) is 4.89. The summed E-state index contributed by atoms with van der Waals surface area (Å²) in [5.74, 6) is 0. The molecule has 2 aromatic heterocycles. The molecule has 2 heterocycles. The summed E-state index contributed by atoms with van der Waals surface area (Å²) < 4.78 is 3.21. The monoisotopic (exact) mass is 344 g/mol. The minimum atomic E-state index is -0.657. The van der Waals surface area contributed by atoms with Crippen LogP contribution >= 0.6 is 34.5 Å². The fourth-order valence-corrected chi connectivity index (χ4v) is 4.49. The highest BCUT2D eigenvalue weighted by Crippen LogP contribution is 2.36. The molecule has 3 nitrogen and oxygen atoms in total. The molecule has 21 heavy (non-hydrogen) atoms. The van der Waals surface area contributed by atoms with Gasteiger partial charge < -0.3 is 5.11 Å². The average molecular weight is 345 g/mol. The first-order valence-electron chi connectivity index (χ1n) is 7.30. The molecule has 1 unspecified atom stereocenters. The normalized spacial score (nSPS) is 18.0. The van der Waals surface area contributed by atoms with Crippen molar-refractivity contribution in [1.82, 2.24) is 9.78 Å². The molecule has 1 aliphatic carbocycles. The summed E-state index contributed by atoms with van der Waals surface area (Å²) in [5, 5.41) is 14.9. The molecule has 0 bridgehead atoms. The minimum absolute atomic E-state index is 0.465. The molecule has 0 amide bonds. The fourth-order valence-electron chi connectivity index (χ4n) is 2.92. The third kappa shape index (κ3) is 3.62. The second-order valence-electron chi connectivity index (χ2n) is 5.58. The second kappa shape index (κ2) is 6.69. The lowest BCUT2D eigenvalue weighted by molar-refractivity contribution is 0.177. The van der Waals surface area contributed by atoms with Crippen molar-refractivity contribution < 1.29 is 5.11 Å². The van der Waals surface area contributed by atoms with Gasteiger partial charge in [-0.05, 0) is 25.0 Å². The Balaban J connectivity index is 1.67. The van der Waals surface area contributed by atoms with Gasteiger partial charge in [-0.1, -0.05) is 42.5 Å². The number of aliphatic hydroxyl groups excluding tert-OH is 1. The smallest absolute Gasteiger partial charge is 0.100 e. The van der Waals surface area contributed by atoms with Crippen LogP contribution in [0.5, 0.6) is 0 Å². The predicted molar refractivity (Wildman–Crippen MR) is 87.4 cm³/mol. The Morgan fingerprint density at radius 2 is 2.10 bits per heavy atom. The van der Waals surface area contributed by atoms with Gasteiger partial charge in [0.1, 0.15) is 4.34 Å². The number of thiophene rings is 1. The minimum Gasteiger partial charge on any atom is -0.388 e. The maximum absolute atomic E-state index is 10.3. The topological polar surface area (TPSA) is 38.0 Å². The third-order valence-electron chi connectivity index (χ3n) is 4.06. The first-order chi connectivity index (χ1) is 10.1. The van der Waals surface area contributed by atoms with Crippen molar-refractivity contribution >= 4 is 34.5 Å². The van der Waals surface area contributed by atoms with E-state index in [2.05, 4.69) is 9.78 Å². The Bertz CT molecular complexity index is 605. The number of aliphatic hydroxyl groups is 1. The number of halogens is 2. The quantitative estimate of drug-likeness (QED) is 0.844. The first kappa shape index (κ1) is 15.3. The maximum Gasteiger partial charge on any atom is 0.100 e. The van der Waals surface area contributed by atoms with Gasteiger partial charge in [-0.2, -0.15) is 5.10 Å². The Morgan fingerprint density at radius 1 is 1.33 bits per heavy atom. The maximum atomic E-state index is 10.3. The zero-order chi connectivity index (χ0) is 14.8. The van der Waals surface area contributed by atoms with E-state index < -0.39 is 6.10 Å².